The van der Waals surface area contributed by atoms with Gasteiger partial charge in [-0.1, -0.05) is 63.9 Å². The molecule has 0 aromatic heterocycles. The van der Waals surface area contributed by atoms with Gasteiger partial charge in [0.15, 0.2) is 11.5 Å². The highest BCUT2D eigenvalue weighted by molar-refractivity contribution is 5.79. The third-order valence-electron chi connectivity index (χ3n) is 7.69. The van der Waals surface area contributed by atoms with Crippen LogP contribution < -0.4 is 9.47 Å². The minimum atomic E-state index is -0.851. The van der Waals surface area contributed by atoms with Gasteiger partial charge in [0.25, 0.3) is 0 Å². The number of amides is 1. The number of hydrogen-bond acceptors (Lipinski definition) is 5. The molecule has 0 aliphatic carbocycles. The van der Waals surface area contributed by atoms with Gasteiger partial charge >= 0.3 is 5.97 Å². The molecule has 2 aliphatic heterocycles. The number of unbranched alkanes of at least 4 members (excludes halogenated alkanes) is 2. The molecule has 1 amide bonds. The molecule has 0 spiro atoms. The zero-order chi connectivity index (χ0) is 26.4. The van der Waals surface area contributed by atoms with Crippen molar-refractivity contribution in [3.8, 4) is 11.5 Å². The van der Waals surface area contributed by atoms with Crippen molar-refractivity contribution in [1.82, 2.24) is 9.80 Å². The van der Waals surface area contributed by atoms with Gasteiger partial charge in [0.1, 0.15) is 0 Å². The monoisotopic (exact) mass is 508 g/mol. The molecule has 1 saturated heterocycles. The number of carbonyl (C=O) groups excluding carboxylic acids is 1. The fourth-order valence-corrected chi connectivity index (χ4v) is 5.56. The SMILES string of the molecule is CCCCN(CCCC)C(=O)CN1C[C@@H](c2ccc3c(c2)OCO3)[C@H](C(=O)O)[C@H]1c1ccc(CC)cc1. The smallest absolute Gasteiger partial charge is 0.309 e. The van der Waals surface area contributed by atoms with Crippen LogP contribution in [0.1, 0.15) is 75.1 Å². The first-order valence-corrected chi connectivity index (χ1v) is 13.7. The Kier molecular flexibility index (Phi) is 9.09. The van der Waals surface area contributed by atoms with Crippen molar-refractivity contribution in [2.75, 3.05) is 33.0 Å². The fourth-order valence-electron chi connectivity index (χ4n) is 5.56. The van der Waals surface area contributed by atoms with Crippen LogP contribution in [0, 0.1) is 5.92 Å². The molecule has 2 aliphatic rings. The summed E-state index contributed by atoms with van der Waals surface area (Å²) in [5.74, 6) is -0.431. The van der Waals surface area contributed by atoms with Gasteiger partial charge in [-0.25, -0.2) is 0 Å². The van der Waals surface area contributed by atoms with Gasteiger partial charge in [-0.3, -0.25) is 14.5 Å². The molecule has 4 rings (SSSR count). The third-order valence-corrected chi connectivity index (χ3v) is 7.69. The lowest BCUT2D eigenvalue weighted by Gasteiger charge is -2.30. The lowest BCUT2D eigenvalue weighted by Crippen LogP contribution is -2.42. The van der Waals surface area contributed by atoms with Gasteiger partial charge in [-0.15, -0.1) is 0 Å². The molecule has 0 saturated carbocycles. The first kappa shape index (κ1) is 27.0. The summed E-state index contributed by atoms with van der Waals surface area (Å²) in [7, 11) is 0. The highest BCUT2D eigenvalue weighted by Gasteiger charge is 2.48. The van der Waals surface area contributed by atoms with Crippen LogP contribution in [0.5, 0.6) is 11.5 Å². The number of carboxylic acids is 1. The van der Waals surface area contributed by atoms with E-state index in [2.05, 4.69) is 37.8 Å². The molecular formula is C30H40N2O5. The van der Waals surface area contributed by atoms with Crippen molar-refractivity contribution in [2.24, 2.45) is 5.92 Å². The number of benzene rings is 2. The van der Waals surface area contributed by atoms with Crippen molar-refractivity contribution in [1.29, 1.82) is 0 Å². The Labute approximate surface area is 220 Å². The molecule has 7 nitrogen and oxygen atoms in total. The number of hydrogen-bond donors (Lipinski definition) is 1. The molecule has 3 atom stereocenters. The van der Waals surface area contributed by atoms with Crippen molar-refractivity contribution in [2.45, 2.75) is 64.8 Å². The van der Waals surface area contributed by atoms with Crippen LogP contribution in [0.15, 0.2) is 42.5 Å². The number of nitrogens with zero attached hydrogens (tertiary/aromatic N) is 2. The first-order chi connectivity index (χ1) is 18.0. The minimum absolute atomic E-state index is 0.0764. The quantitative estimate of drug-likeness (QED) is 0.422. The van der Waals surface area contributed by atoms with E-state index in [4.69, 9.17) is 9.47 Å². The van der Waals surface area contributed by atoms with Gasteiger partial charge in [-0.05, 0) is 48.1 Å². The summed E-state index contributed by atoms with van der Waals surface area (Å²) >= 11 is 0. The Balaban J connectivity index is 1.67. The van der Waals surface area contributed by atoms with E-state index in [0.717, 1.165) is 56.3 Å². The molecule has 0 unspecified atom stereocenters. The average Bonchev–Trinajstić information content (AvgIpc) is 3.53. The van der Waals surface area contributed by atoms with Gasteiger partial charge < -0.3 is 19.5 Å². The Bertz CT molecular complexity index is 1060. The standard InChI is InChI=1S/C30H40N2O5/c1-4-7-15-31(16-8-5-2)27(33)19-32-18-24(23-13-14-25-26(17-23)37-20-36-25)28(30(34)35)29(32)22-11-9-21(6-3)10-12-22/h9-14,17,24,28-29H,4-8,15-16,18-20H2,1-3H3,(H,34,35)/t24-,28-,29+/m0/s1. The van der Waals surface area contributed by atoms with Crippen LogP contribution in [0.2, 0.25) is 0 Å². The van der Waals surface area contributed by atoms with Crippen molar-refractivity contribution >= 4 is 11.9 Å². The third kappa shape index (κ3) is 6.09. The molecule has 2 aromatic carbocycles. The number of carbonyl (C=O) groups is 2. The lowest BCUT2D eigenvalue weighted by molar-refractivity contribution is -0.144. The molecule has 7 heteroatoms. The number of fused-ring (bicyclic) bond motifs is 1. The first-order valence-electron chi connectivity index (χ1n) is 13.7. The molecule has 0 bridgehead atoms. The van der Waals surface area contributed by atoms with Crippen LogP contribution >= 0.6 is 0 Å². The van der Waals surface area contributed by atoms with Crippen molar-refractivity contribution in [3.63, 3.8) is 0 Å². The molecule has 2 aromatic rings. The Hall–Kier alpha value is -3.06. The summed E-state index contributed by atoms with van der Waals surface area (Å²) in [4.78, 5) is 30.4. The predicted molar refractivity (Wildman–Crippen MR) is 143 cm³/mol. The normalized spacial score (nSPS) is 20.8. The minimum Gasteiger partial charge on any atom is -0.481 e. The summed E-state index contributed by atoms with van der Waals surface area (Å²) in [5.41, 5.74) is 3.04. The van der Waals surface area contributed by atoms with Crippen LogP contribution in [0.25, 0.3) is 0 Å². The zero-order valence-electron chi connectivity index (χ0n) is 22.3. The second-order valence-electron chi connectivity index (χ2n) is 10.1. The van der Waals surface area contributed by atoms with Gasteiger partial charge in [0.05, 0.1) is 12.5 Å². The van der Waals surface area contributed by atoms with E-state index < -0.39 is 17.9 Å². The highest BCUT2D eigenvalue weighted by atomic mass is 16.7. The van der Waals surface area contributed by atoms with E-state index >= 15 is 0 Å². The lowest BCUT2D eigenvalue weighted by atomic mass is 9.82. The molecule has 1 N–H and O–H groups in total. The second kappa shape index (κ2) is 12.5. The second-order valence-corrected chi connectivity index (χ2v) is 10.1. The number of likely N-dealkylation sites (tertiary alicyclic amines) is 1. The van der Waals surface area contributed by atoms with Crippen molar-refractivity contribution < 1.29 is 24.2 Å². The number of aryl methyl sites for hydroxylation is 1. The summed E-state index contributed by atoms with van der Waals surface area (Å²) in [6.45, 7) is 8.71. The molecule has 200 valence electrons. The van der Waals surface area contributed by atoms with Crippen LogP contribution in [-0.4, -0.2) is 59.8 Å². The maximum absolute atomic E-state index is 13.6. The number of ether oxygens (including phenoxy) is 2. The van der Waals surface area contributed by atoms with Crippen molar-refractivity contribution in [3.05, 3.63) is 59.2 Å². The predicted octanol–water partition coefficient (Wildman–Crippen LogP) is 5.25. The van der Waals surface area contributed by atoms with Gasteiger partial charge in [0, 0.05) is 31.6 Å². The molecule has 2 heterocycles. The topological polar surface area (TPSA) is 79.3 Å². The molecule has 1 fully saturated rings. The summed E-state index contributed by atoms with van der Waals surface area (Å²) in [5, 5.41) is 10.5. The van der Waals surface area contributed by atoms with E-state index in [1.807, 2.05) is 35.2 Å². The van der Waals surface area contributed by atoms with Crippen LogP contribution in [0.4, 0.5) is 0 Å². The Morgan fingerprint density at radius 1 is 0.946 bits per heavy atom. The highest BCUT2D eigenvalue weighted by Crippen LogP contribution is 2.47. The largest absolute Gasteiger partial charge is 0.481 e. The maximum Gasteiger partial charge on any atom is 0.309 e. The van der Waals surface area contributed by atoms with E-state index in [0.29, 0.717) is 18.0 Å². The van der Waals surface area contributed by atoms with Crippen LogP contribution in [0.3, 0.4) is 0 Å². The average molecular weight is 509 g/mol. The Morgan fingerprint density at radius 3 is 2.22 bits per heavy atom. The molecule has 37 heavy (non-hydrogen) atoms. The molecular weight excluding hydrogens is 468 g/mol. The van der Waals surface area contributed by atoms with Crippen LogP contribution in [-0.2, 0) is 16.0 Å². The zero-order valence-corrected chi connectivity index (χ0v) is 22.3. The fraction of sp³-hybridized carbons (Fsp3) is 0.533. The van der Waals surface area contributed by atoms with Gasteiger partial charge in [0.2, 0.25) is 12.7 Å². The van der Waals surface area contributed by atoms with E-state index in [1.54, 1.807) is 0 Å². The van der Waals surface area contributed by atoms with E-state index in [1.165, 1.54) is 5.56 Å². The number of rotatable bonds is 12. The van der Waals surface area contributed by atoms with E-state index in [-0.39, 0.29) is 25.2 Å². The summed E-state index contributed by atoms with van der Waals surface area (Å²) in [6, 6.07) is 13.5. The number of aliphatic carboxylic acids is 1. The van der Waals surface area contributed by atoms with E-state index in [9.17, 15) is 14.7 Å². The maximum atomic E-state index is 13.6. The molecule has 0 radical (unpaired) electrons. The summed E-state index contributed by atoms with van der Waals surface area (Å²) < 4.78 is 11.1. The van der Waals surface area contributed by atoms with Gasteiger partial charge in [-0.2, -0.15) is 0 Å². The number of carboxylic acid groups (broad SMARTS) is 1. The summed E-state index contributed by atoms with van der Waals surface area (Å²) in [6.07, 6.45) is 4.90. The Morgan fingerprint density at radius 2 is 1.59 bits per heavy atom.